The molecule has 0 saturated heterocycles. The molecular formula is C9H11F3O3. The van der Waals surface area contributed by atoms with Crippen LogP contribution in [0.3, 0.4) is 0 Å². The molecule has 0 radical (unpaired) electrons. The molecule has 1 aliphatic rings. The van der Waals surface area contributed by atoms with E-state index in [1.54, 1.807) is 0 Å². The van der Waals surface area contributed by atoms with Gasteiger partial charge in [-0.1, -0.05) is 0 Å². The number of aliphatic hydroxyl groups is 1. The monoisotopic (exact) mass is 224 g/mol. The molecule has 0 fully saturated rings. The summed E-state index contributed by atoms with van der Waals surface area (Å²) in [6.07, 6.45) is -2.54. The van der Waals surface area contributed by atoms with E-state index < -0.39 is 17.7 Å². The highest BCUT2D eigenvalue weighted by atomic mass is 19.4. The summed E-state index contributed by atoms with van der Waals surface area (Å²) in [5.41, 5.74) is -1.39. The van der Waals surface area contributed by atoms with Crippen LogP contribution in [0.4, 0.5) is 13.2 Å². The van der Waals surface area contributed by atoms with Gasteiger partial charge in [0.2, 0.25) is 0 Å². The standard InChI is InChI=1S/C9H11F3O3/c1-8(13)4-6(14-2)3-7(5-8)15-9(10,11)12/h3,5,13H,4H2,1-2H3. The van der Waals surface area contributed by atoms with E-state index in [1.807, 2.05) is 0 Å². The molecule has 0 aliphatic heterocycles. The van der Waals surface area contributed by atoms with Gasteiger partial charge in [-0.25, -0.2) is 0 Å². The van der Waals surface area contributed by atoms with Gasteiger partial charge in [0.25, 0.3) is 0 Å². The fourth-order valence-electron chi connectivity index (χ4n) is 1.29. The second-order valence-electron chi connectivity index (χ2n) is 3.44. The second kappa shape index (κ2) is 3.77. The number of ether oxygens (including phenoxy) is 2. The first-order chi connectivity index (χ1) is 6.72. The summed E-state index contributed by atoms with van der Waals surface area (Å²) in [4.78, 5) is 0. The second-order valence-corrected chi connectivity index (χ2v) is 3.44. The highest BCUT2D eigenvalue weighted by molar-refractivity contribution is 5.26. The SMILES string of the molecule is COC1=CC(OC(F)(F)F)=CC(C)(O)C1. The maximum absolute atomic E-state index is 11.9. The Hall–Kier alpha value is -1.17. The van der Waals surface area contributed by atoms with Gasteiger partial charge in [-0.3, -0.25) is 0 Å². The van der Waals surface area contributed by atoms with Crippen LogP contribution in [-0.4, -0.2) is 24.2 Å². The van der Waals surface area contributed by atoms with E-state index in [-0.39, 0.29) is 12.2 Å². The molecule has 0 bridgehead atoms. The van der Waals surface area contributed by atoms with Crippen LogP contribution in [0.1, 0.15) is 13.3 Å². The number of halogens is 3. The third-order valence-corrected chi connectivity index (χ3v) is 1.78. The van der Waals surface area contributed by atoms with Crippen molar-refractivity contribution in [2.24, 2.45) is 0 Å². The molecule has 0 heterocycles. The van der Waals surface area contributed by atoms with E-state index in [0.29, 0.717) is 0 Å². The first kappa shape index (κ1) is 11.9. The molecule has 0 aromatic heterocycles. The zero-order valence-electron chi connectivity index (χ0n) is 8.26. The Morgan fingerprint density at radius 3 is 2.53 bits per heavy atom. The maximum atomic E-state index is 11.9. The third-order valence-electron chi connectivity index (χ3n) is 1.78. The first-order valence-corrected chi connectivity index (χ1v) is 4.17. The van der Waals surface area contributed by atoms with Crippen molar-refractivity contribution in [2.75, 3.05) is 7.11 Å². The summed E-state index contributed by atoms with van der Waals surface area (Å²) in [5, 5.41) is 9.60. The van der Waals surface area contributed by atoms with Crippen molar-refractivity contribution in [3.05, 3.63) is 23.7 Å². The van der Waals surface area contributed by atoms with Gasteiger partial charge in [-0.2, -0.15) is 0 Å². The molecule has 15 heavy (non-hydrogen) atoms. The molecule has 86 valence electrons. The van der Waals surface area contributed by atoms with Gasteiger partial charge in [-0.05, 0) is 13.0 Å². The van der Waals surface area contributed by atoms with Gasteiger partial charge in [-0.15, -0.1) is 13.2 Å². The van der Waals surface area contributed by atoms with E-state index in [2.05, 4.69) is 4.74 Å². The molecule has 3 nitrogen and oxygen atoms in total. The molecule has 6 heteroatoms. The topological polar surface area (TPSA) is 38.7 Å². The molecule has 1 unspecified atom stereocenters. The highest BCUT2D eigenvalue weighted by Gasteiger charge is 2.35. The van der Waals surface area contributed by atoms with Crippen molar-refractivity contribution in [3.8, 4) is 0 Å². The number of rotatable bonds is 2. The van der Waals surface area contributed by atoms with Gasteiger partial charge in [0.1, 0.15) is 11.5 Å². The molecule has 1 rings (SSSR count). The molecule has 1 N–H and O–H groups in total. The zero-order valence-corrected chi connectivity index (χ0v) is 8.26. The van der Waals surface area contributed by atoms with Gasteiger partial charge in [0, 0.05) is 12.5 Å². The Labute approximate surface area is 84.8 Å². The minimum absolute atomic E-state index is 0.119. The fourth-order valence-corrected chi connectivity index (χ4v) is 1.29. The molecule has 1 atom stereocenters. The fraction of sp³-hybridized carbons (Fsp3) is 0.556. The quantitative estimate of drug-likeness (QED) is 0.780. The normalized spacial score (nSPS) is 26.8. The van der Waals surface area contributed by atoms with Crippen LogP contribution >= 0.6 is 0 Å². The van der Waals surface area contributed by atoms with Gasteiger partial charge in [0.15, 0.2) is 0 Å². The Bertz CT molecular complexity index is 302. The lowest BCUT2D eigenvalue weighted by atomic mass is 9.95. The van der Waals surface area contributed by atoms with Crippen LogP contribution < -0.4 is 0 Å². The Balaban J connectivity index is 2.87. The van der Waals surface area contributed by atoms with Gasteiger partial charge in [0.05, 0.1) is 12.7 Å². The lowest BCUT2D eigenvalue weighted by Crippen LogP contribution is -2.27. The highest BCUT2D eigenvalue weighted by Crippen LogP contribution is 2.30. The number of allylic oxidation sites excluding steroid dienone is 1. The van der Waals surface area contributed by atoms with Crippen LogP contribution in [0, 0.1) is 0 Å². The number of methoxy groups -OCH3 is 1. The minimum Gasteiger partial charge on any atom is -0.501 e. The maximum Gasteiger partial charge on any atom is 0.573 e. The summed E-state index contributed by atoms with van der Waals surface area (Å²) < 4.78 is 44.2. The van der Waals surface area contributed by atoms with Crippen molar-refractivity contribution in [1.29, 1.82) is 0 Å². The van der Waals surface area contributed by atoms with Crippen LogP contribution in [0.15, 0.2) is 23.7 Å². The summed E-state index contributed by atoms with van der Waals surface area (Å²) >= 11 is 0. The lowest BCUT2D eigenvalue weighted by Gasteiger charge is -2.25. The van der Waals surface area contributed by atoms with E-state index in [4.69, 9.17) is 4.74 Å². The van der Waals surface area contributed by atoms with E-state index in [0.717, 1.165) is 12.2 Å². The summed E-state index contributed by atoms with van der Waals surface area (Å²) in [7, 11) is 1.32. The van der Waals surface area contributed by atoms with Crippen LogP contribution in [-0.2, 0) is 9.47 Å². The van der Waals surface area contributed by atoms with Crippen LogP contribution in [0.25, 0.3) is 0 Å². The molecular weight excluding hydrogens is 213 g/mol. The van der Waals surface area contributed by atoms with Crippen molar-refractivity contribution in [2.45, 2.75) is 25.3 Å². The predicted octanol–water partition coefficient (Wildman–Crippen LogP) is 2.09. The van der Waals surface area contributed by atoms with Crippen molar-refractivity contribution in [1.82, 2.24) is 0 Å². The summed E-state index contributed by atoms with van der Waals surface area (Å²) in [5.74, 6) is -0.225. The third kappa shape index (κ3) is 3.83. The van der Waals surface area contributed by atoms with Crippen LogP contribution in [0.2, 0.25) is 0 Å². The van der Waals surface area contributed by atoms with Crippen molar-refractivity contribution < 1.29 is 27.8 Å². The molecule has 0 aromatic rings. The molecule has 1 aliphatic carbocycles. The summed E-state index contributed by atoms with van der Waals surface area (Å²) in [6.45, 7) is 1.37. The number of hydrogen-bond acceptors (Lipinski definition) is 3. The molecule has 0 amide bonds. The molecule has 0 spiro atoms. The van der Waals surface area contributed by atoms with Crippen molar-refractivity contribution >= 4 is 0 Å². The van der Waals surface area contributed by atoms with Gasteiger partial charge >= 0.3 is 6.36 Å². The first-order valence-electron chi connectivity index (χ1n) is 4.17. The Morgan fingerprint density at radius 2 is 2.07 bits per heavy atom. The summed E-state index contributed by atoms with van der Waals surface area (Å²) in [6, 6.07) is 0. The van der Waals surface area contributed by atoms with Crippen molar-refractivity contribution in [3.63, 3.8) is 0 Å². The molecule has 0 saturated carbocycles. The average molecular weight is 224 g/mol. The van der Waals surface area contributed by atoms with E-state index in [9.17, 15) is 18.3 Å². The number of hydrogen-bond donors (Lipinski definition) is 1. The Kier molecular flexibility index (Phi) is 2.99. The minimum atomic E-state index is -4.77. The van der Waals surface area contributed by atoms with E-state index >= 15 is 0 Å². The largest absolute Gasteiger partial charge is 0.573 e. The molecule has 0 aromatic carbocycles. The average Bonchev–Trinajstić information content (AvgIpc) is 1.97. The predicted molar refractivity (Wildman–Crippen MR) is 45.6 cm³/mol. The van der Waals surface area contributed by atoms with Crippen LogP contribution in [0.5, 0.6) is 0 Å². The zero-order chi connectivity index (χ0) is 11.7. The smallest absolute Gasteiger partial charge is 0.501 e. The van der Waals surface area contributed by atoms with Gasteiger partial charge < -0.3 is 14.6 Å². The van der Waals surface area contributed by atoms with E-state index in [1.165, 1.54) is 14.0 Å². The Morgan fingerprint density at radius 1 is 1.47 bits per heavy atom. The lowest BCUT2D eigenvalue weighted by molar-refractivity contribution is -0.303. The number of alkyl halides is 3.